The lowest BCUT2D eigenvalue weighted by molar-refractivity contribution is -0.117. The normalized spacial score (nSPS) is 10.7. The van der Waals surface area contributed by atoms with E-state index < -0.39 is 0 Å². The van der Waals surface area contributed by atoms with Crippen LogP contribution in [0.4, 0.5) is 5.69 Å². The maximum atomic E-state index is 12.3. The van der Waals surface area contributed by atoms with Crippen molar-refractivity contribution in [2.24, 2.45) is 0 Å². The van der Waals surface area contributed by atoms with Gasteiger partial charge in [-0.15, -0.1) is 0 Å². The van der Waals surface area contributed by atoms with Crippen LogP contribution in [0.15, 0.2) is 42.5 Å². The fourth-order valence-electron chi connectivity index (χ4n) is 2.58. The summed E-state index contributed by atoms with van der Waals surface area (Å²) in [5.74, 6) is 0.863. The van der Waals surface area contributed by atoms with Gasteiger partial charge in [-0.1, -0.05) is 30.3 Å². The Bertz CT molecular complexity index is 698. The maximum Gasteiger partial charge on any atom is 0.238 e. The van der Waals surface area contributed by atoms with Crippen molar-refractivity contribution in [2.45, 2.75) is 27.3 Å². The van der Waals surface area contributed by atoms with Crippen molar-refractivity contribution >= 4 is 11.6 Å². The maximum absolute atomic E-state index is 12.3. The Morgan fingerprint density at radius 1 is 1.17 bits per heavy atom. The number of aryl methyl sites for hydroxylation is 2. The second-order valence-electron chi connectivity index (χ2n) is 6.08. The quantitative estimate of drug-likeness (QED) is 0.842. The topological polar surface area (TPSA) is 41.6 Å². The van der Waals surface area contributed by atoms with Crippen LogP contribution in [0, 0.1) is 13.8 Å². The van der Waals surface area contributed by atoms with Gasteiger partial charge in [0.05, 0.1) is 13.2 Å². The first kappa shape index (κ1) is 18.0. The van der Waals surface area contributed by atoms with Crippen LogP contribution in [0.1, 0.15) is 23.6 Å². The molecule has 0 aliphatic rings. The van der Waals surface area contributed by atoms with Gasteiger partial charge in [-0.05, 0) is 51.1 Å². The van der Waals surface area contributed by atoms with Gasteiger partial charge in [-0.3, -0.25) is 9.69 Å². The van der Waals surface area contributed by atoms with Crippen LogP contribution in [-0.2, 0) is 11.3 Å². The smallest absolute Gasteiger partial charge is 0.238 e. The number of carbonyl (C=O) groups is 1. The molecule has 0 aliphatic heterocycles. The lowest BCUT2D eigenvalue weighted by atomic mass is 10.1. The molecule has 4 nitrogen and oxygen atoms in total. The summed E-state index contributed by atoms with van der Waals surface area (Å²) in [5.41, 5.74) is 4.16. The number of ether oxygens (including phenoxy) is 1. The van der Waals surface area contributed by atoms with Crippen molar-refractivity contribution in [1.82, 2.24) is 4.90 Å². The number of nitrogens with zero attached hydrogens (tertiary/aromatic N) is 1. The van der Waals surface area contributed by atoms with E-state index in [-0.39, 0.29) is 5.91 Å². The number of carbonyl (C=O) groups excluding carboxylic acids is 1. The van der Waals surface area contributed by atoms with E-state index in [1.165, 1.54) is 0 Å². The third-order valence-electron chi connectivity index (χ3n) is 3.79. The average Bonchev–Trinajstić information content (AvgIpc) is 2.53. The molecular weight excluding hydrogens is 300 g/mol. The van der Waals surface area contributed by atoms with Gasteiger partial charge in [0.1, 0.15) is 5.75 Å². The number of anilines is 1. The summed E-state index contributed by atoms with van der Waals surface area (Å²) in [6, 6.07) is 14.0. The monoisotopic (exact) mass is 326 g/mol. The molecule has 0 fully saturated rings. The minimum atomic E-state index is -0.0138. The minimum Gasteiger partial charge on any atom is -0.494 e. The molecule has 0 radical (unpaired) electrons. The van der Waals surface area contributed by atoms with Crippen molar-refractivity contribution in [3.63, 3.8) is 0 Å². The molecule has 0 unspecified atom stereocenters. The van der Waals surface area contributed by atoms with Gasteiger partial charge >= 0.3 is 0 Å². The van der Waals surface area contributed by atoms with E-state index in [2.05, 4.69) is 5.32 Å². The van der Waals surface area contributed by atoms with E-state index in [1.54, 1.807) is 0 Å². The Hall–Kier alpha value is -2.33. The number of hydrogen-bond donors (Lipinski definition) is 1. The van der Waals surface area contributed by atoms with Gasteiger partial charge in [-0.25, -0.2) is 0 Å². The predicted octanol–water partition coefficient (Wildman–Crippen LogP) is 3.77. The summed E-state index contributed by atoms with van der Waals surface area (Å²) in [4.78, 5) is 14.3. The van der Waals surface area contributed by atoms with Crippen LogP contribution in [0.3, 0.4) is 0 Å². The van der Waals surface area contributed by atoms with E-state index in [9.17, 15) is 4.79 Å². The van der Waals surface area contributed by atoms with Crippen LogP contribution >= 0.6 is 0 Å². The summed E-state index contributed by atoms with van der Waals surface area (Å²) < 4.78 is 5.64. The molecule has 0 atom stereocenters. The molecule has 0 saturated heterocycles. The molecule has 2 aromatic carbocycles. The highest BCUT2D eigenvalue weighted by Crippen LogP contribution is 2.20. The number of benzene rings is 2. The molecule has 1 N–H and O–H groups in total. The SMILES string of the molecule is CCOc1ccccc1CN(C)CC(=O)Nc1cc(C)ccc1C. The Balaban J connectivity index is 1.96. The van der Waals surface area contributed by atoms with Crippen molar-refractivity contribution in [1.29, 1.82) is 0 Å². The molecule has 1 amide bonds. The van der Waals surface area contributed by atoms with Gasteiger partial charge in [-0.2, -0.15) is 0 Å². The van der Waals surface area contributed by atoms with Crippen molar-refractivity contribution in [3.05, 3.63) is 59.2 Å². The van der Waals surface area contributed by atoms with E-state index in [0.717, 1.165) is 28.1 Å². The number of amides is 1. The van der Waals surface area contributed by atoms with Crippen LogP contribution in [0.5, 0.6) is 5.75 Å². The first-order valence-electron chi connectivity index (χ1n) is 8.26. The third kappa shape index (κ3) is 5.10. The van der Waals surface area contributed by atoms with Crippen LogP contribution in [0.2, 0.25) is 0 Å². The molecule has 0 spiro atoms. The number of rotatable bonds is 7. The number of hydrogen-bond acceptors (Lipinski definition) is 3. The molecule has 2 aromatic rings. The number of likely N-dealkylation sites (N-methyl/N-ethyl adjacent to an activating group) is 1. The second-order valence-corrected chi connectivity index (χ2v) is 6.08. The molecule has 24 heavy (non-hydrogen) atoms. The third-order valence-corrected chi connectivity index (χ3v) is 3.79. The molecular formula is C20H26N2O2. The van der Waals surface area contributed by atoms with E-state index in [4.69, 9.17) is 4.74 Å². The summed E-state index contributed by atoms with van der Waals surface area (Å²) in [7, 11) is 1.94. The zero-order valence-electron chi connectivity index (χ0n) is 14.9. The molecule has 0 heterocycles. The van der Waals surface area contributed by atoms with Gasteiger partial charge in [0.2, 0.25) is 5.91 Å². The lowest BCUT2D eigenvalue weighted by Gasteiger charge is -2.19. The van der Waals surface area contributed by atoms with Gasteiger partial charge < -0.3 is 10.1 Å². The highest BCUT2D eigenvalue weighted by atomic mass is 16.5. The molecule has 0 saturated carbocycles. The number of para-hydroxylation sites is 1. The second kappa shape index (κ2) is 8.50. The zero-order valence-corrected chi connectivity index (χ0v) is 14.9. The minimum absolute atomic E-state index is 0.0138. The first-order valence-corrected chi connectivity index (χ1v) is 8.26. The molecule has 0 aliphatic carbocycles. The Kier molecular flexibility index (Phi) is 6.38. The Morgan fingerprint density at radius 3 is 2.67 bits per heavy atom. The number of nitrogens with one attached hydrogen (secondary N) is 1. The van der Waals surface area contributed by atoms with Gasteiger partial charge in [0.25, 0.3) is 0 Å². The molecule has 0 aromatic heterocycles. The molecule has 2 rings (SSSR count). The first-order chi connectivity index (χ1) is 11.5. The molecule has 128 valence electrons. The molecule has 0 bridgehead atoms. The van der Waals surface area contributed by atoms with Gasteiger partial charge in [0, 0.05) is 17.8 Å². The fraction of sp³-hybridized carbons (Fsp3) is 0.350. The van der Waals surface area contributed by atoms with Gasteiger partial charge in [0.15, 0.2) is 0 Å². The molecule has 4 heteroatoms. The Labute approximate surface area is 144 Å². The summed E-state index contributed by atoms with van der Waals surface area (Å²) >= 11 is 0. The largest absolute Gasteiger partial charge is 0.494 e. The summed E-state index contributed by atoms with van der Waals surface area (Å²) in [6.45, 7) is 7.61. The highest BCUT2D eigenvalue weighted by molar-refractivity contribution is 5.93. The highest BCUT2D eigenvalue weighted by Gasteiger charge is 2.11. The Morgan fingerprint density at radius 2 is 1.92 bits per heavy atom. The summed E-state index contributed by atoms with van der Waals surface area (Å²) in [5, 5.41) is 3.00. The standard InChI is InChI=1S/C20H26N2O2/c1-5-24-19-9-7-6-8-17(19)13-22(4)14-20(23)21-18-12-15(2)10-11-16(18)3/h6-12H,5,13-14H2,1-4H3,(H,21,23). The summed E-state index contributed by atoms with van der Waals surface area (Å²) in [6.07, 6.45) is 0. The van der Waals surface area contributed by atoms with Crippen LogP contribution in [-0.4, -0.2) is 31.0 Å². The predicted molar refractivity (Wildman–Crippen MR) is 98.5 cm³/mol. The van der Waals surface area contributed by atoms with E-state index in [0.29, 0.717) is 19.7 Å². The van der Waals surface area contributed by atoms with E-state index in [1.807, 2.05) is 75.2 Å². The average molecular weight is 326 g/mol. The van der Waals surface area contributed by atoms with Crippen molar-refractivity contribution in [2.75, 3.05) is 25.5 Å². The van der Waals surface area contributed by atoms with E-state index >= 15 is 0 Å². The van der Waals surface area contributed by atoms with Crippen molar-refractivity contribution < 1.29 is 9.53 Å². The lowest BCUT2D eigenvalue weighted by Crippen LogP contribution is -2.30. The van der Waals surface area contributed by atoms with Crippen LogP contribution in [0.25, 0.3) is 0 Å². The van der Waals surface area contributed by atoms with Crippen molar-refractivity contribution in [3.8, 4) is 5.75 Å². The van der Waals surface area contributed by atoms with Crippen LogP contribution < -0.4 is 10.1 Å². The fourth-order valence-corrected chi connectivity index (χ4v) is 2.58. The zero-order chi connectivity index (χ0) is 17.5.